The van der Waals surface area contributed by atoms with E-state index in [-0.39, 0.29) is 5.56 Å². The van der Waals surface area contributed by atoms with Gasteiger partial charge in [0, 0.05) is 59.1 Å². The molecule has 54 heavy (non-hydrogen) atoms. The molecule has 0 spiro atoms. The standard InChI is InChI=1S/C30H35N5O18S/c1-11(36)46-8-18-20(48-13(3)38)22(50-15(5)40)27(52-18)34-7-17(24(42)31-29(34)44)10-54-26-25(43)32-30(45)35(33-26)28-23(51-16(6)41)21(49-14(4)39)19(53-28)9-47-12(2)37/h7,18-23,27-28H,8-10H2,1-6H3,(H,31,42,44)(H,32,43,45)/t18-,19+,20-,21-,22-,23-,27-,28+/m0/s1. The van der Waals surface area contributed by atoms with Crippen LogP contribution in [0, 0.1) is 0 Å². The minimum atomic E-state index is -1.63. The fourth-order valence-electron chi connectivity index (χ4n) is 5.43. The van der Waals surface area contributed by atoms with Gasteiger partial charge in [-0.15, -0.1) is 0 Å². The molecular weight excluding hydrogens is 750 g/mol. The van der Waals surface area contributed by atoms with E-state index in [4.69, 9.17) is 37.9 Å². The molecule has 2 saturated heterocycles. The van der Waals surface area contributed by atoms with Gasteiger partial charge in [-0.05, 0) is 0 Å². The van der Waals surface area contributed by atoms with Crippen LogP contribution < -0.4 is 22.5 Å². The Morgan fingerprint density at radius 3 is 1.57 bits per heavy atom. The molecule has 4 rings (SSSR count). The zero-order valence-electron chi connectivity index (χ0n) is 29.4. The van der Waals surface area contributed by atoms with E-state index >= 15 is 0 Å². The van der Waals surface area contributed by atoms with Crippen LogP contribution in [-0.4, -0.2) is 110 Å². The first-order chi connectivity index (χ1) is 25.4. The second-order valence-electron chi connectivity index (χ2n) is 11.7. The van der Waals surface area contributed by atoms with E-state index < -0.39 is 131 Å². The van der Waals surface area contributed by atoms with Crippen molar-refractivity contribution in [2.75, 3.05) is 13.2 Å². The molecule has 0 bridgehead atoms. The van der Waals surface area contributed by atoms with E-state index in [0.29, 0.717) is 16.4 Å². The maximum atomic E-state index is 13.1. The molecule has 0 aromatic carbocycles. The van der Waals surface area contributed by atoms with Crippen molar-refractivity contribution in [3.63, 3.8) is 0 Å². The summed E-state index contributed by atoms with van der Waals surface area (Å²) in [6.45, 7) is 5.45. The van der Waals surface area contributed by atoms with Crippen LogP contribution in [0.4, 0.5) is 0 Å². The lowest BCUT2D eigenvalue weighted by molar-refractivity contribution is -0.166. The first kappa shape index (κ1) is 41.1. The minimum absolute atomic E-state index is 0.178. The average Bonchev–Trinajstić information content (AvgIpc) is 3.54. The van der Waals surface area contributed by atoms with Gasteiger partial charge in [-0.25, -0.2) is 9.59 Å². The van der Waals surface area contributed by atoms with Crippen LogP contribution in [0.15, 0.2) is 30.4 Å². The molecule has 2 aliphatic heterocycles. The molecule has 24 heteroatoms. The van der Waals surface area contributed by atoms with Gasteiger partial charge in [-0.3, -0.25) is 52.9 Å². The highest BCUT2D eigenvalue weighted by atomic mass is 32.2. The Bertz CT molecular complexity index is 1900. The maximum Gasteiger partial charge on any atom is 0.347 e. The summed E-state index contributed by atoms with van der Waals surface area (Å²) in [6, 6.07) is 0. The lowest BCUT2D eigenvalue weighted by Crippen LogP contribution is -2.43. The summed E-state index contributed by atoms with van der Waals surface area (Å²) >= 11 is 0.606. The molecule has 8 atom stereocenters. The summed E-state index contributed by atoms with van der Waals surface area (Å²) in [5, 5.41) is 3.62. The number of esters is 6. The second-order valence-corrected chi connectivity index (χ2v) is 12.6. The smallest absolute Gasteiger partial charge is 0.347 e. The number of nitrogens with zero attached hydrogens (tertiary/aromatic N) is 3. The summed E-state index contributed by atoms with van der Waals surface area (Å²) in [5.41, 5.74) is -4.31. The molecular formula is C30H35N5O18S. The number of carbonyl (C=O) groups excluding carboxylic acids is 6. The van der Waals surface area contributed by atoms with Gasteiger partial charge in [-0.2, -0.15) is 9.78 Å². The van der Waals surface area contributed by atoms with Gasteiger partial charge in [0.2, 0.25) is 0 Å². The summed E-state index contributed by atoms with van der Waals surface area (Å²) in [4.78, 5) is 127. The summed E-state index contributed by atoms with van der Waals surface area (Å²) in [6.07, 6.45) is -10.4. The molecule has 2 aliphatic rings. The number of carbonyl (C=O) groups is 6. The third-order valence-corrected chi connectivity index (χ3v) is 8.42. The number of ether oxygens (including phenoxy) is 8. The number of thioether (sulfide) groups is 1. The van der Waals surface area contributed by atoms with Crippen LogP contribution in [0.1, 0.15) is 59.6 Å². The van der Waals surface area contributed by atoms with Crippen LogP contribution in [0.5, 0.6) is 0 Å². The highest BCUT2D eigenvalue weighted by Gasteiger charge is 2.52. The lowest BCUT2D eigenvalue weighted by atomic mass is 10.1. The number of hydrogen-bond donors (Lipinski definition) is 2. The normalized spacial score (nSPS) is 24.6. The number of hydrogen-bond acceptors (Lipinski definition) is 20. The highest BCUT2D eigenvalue weighted by Crippen LogP contribution is 2.35. The number of aromatic amines is 2. The van der Waals surface area contributed by atoms with Gasteiger partial charge >= 0.3 is 47.2 Å². The van der Waals surface area contributed by atoms with Crippen molar-refractivity contribution < 1.29 is 66.7 Å². The zero-order valence-corrected chi connectivity index (χ0v) is 30.2. The van der Waals surface area contributed by atoms with Crippen LogP contribution in [0.2, 0.25) is 0 Å². The predicted octanol–water partition coefficient (Wildman–Crippen LogP) is -2.28. The molecule has 0 amide bonds. The minimum Gasteiger partial charge on any atom is -0.463 e. The zero-order chi connectivity index (χ0) is 40.0. The van der Waals surface area contributed by atoms with Crippen molar-refractivity contribution in [3.05, 3.63) is 53.4 Å². The van der Waals surface area contributed by atoms with E-state index in [0.717, 1.165) is 52.3 Å². The third kappa shape index (κ3) is 10.1. The van der Waals surface area contributed by atoms with Crippen molar-refractivity contribution in [2.45, 2.75) is 101 Å². The molecule has 2 fully saturated rings. The van der Waals surface area contributed by atoms with Gasteiger partial charge in [0.05, 0.1) is 0 Å². The monoisotopic (exact) mass is 785 g/mol. The van der Waals surface area contributed by atoms with Crippen molar-refractivity contribution in [1.82, 2.24) is 24.3 Å². The Balaban J connectivity index is 1.68. The van der Waals surface area contributed by atoms with Gasteiger partial charge in [0.15, 0.2) is 41.9 Å². The SMILES string of the molecule is CC(=O)OC[C@@H]1O[C@H](n2cc(CSc3nn([C@@H]4O[C@H](COC(C)=O)[C@H](OC(C)=O)[C@@H]4OC(C)=O)c(=O)[nH]c3=O)c(=O)[nH]c2=O)[C@@H](OC(C)=O)[C@H]1OC(C)=O. The van der Waals surface area contributed by atoms with Gasteiger partial charge in [0.25, 0.3) is 11.1 Å². The van der Waals surface area contributed by atoms with E-state index in [2.05, 4.69) is 10.1 Å². The van der Waals surface area contributed by atoms with E-state index in [1.165, 1.54) is 0 Å². The third-order valence-electron chi connectivity index (χ3n) is 7.42. The summed E-state index contributed by atoms with van der Waals surface area (Å²) < 4.78 is 44.3. The van der Waals surface area contributed by atoms with Crippen LogP contribution in [0.3, 0.4) is 0 Å². The van der Waals surface area contributed by atoms with E-state index in [1.807, 2.05) is 4.98 Å². The molecule has 0 unspecified atom stereocenters. The molecule has 2 aromatic heterocycles. The molecule has 294 valence electrons. The van der Waals surface area contributed by atoms with Crippen LogP contribution >= 0.6 is 11.8 Å². The molecule has 0 aliphatic carbocycles. The highest BCUT2D eigenvalue weighted by molar-refractivity contribution is 7.98. The largest absolute Gasteiger partial charge is 0.463 e. The number of rotatable bonds is 13. The quantitative estimate of drug-likeness (QED) is 0.123. The molecule has 0 radical (unpaired) electrons. The average molecular weight is 786 g/mol. The lowest BCUT2D eigenvalue weighted by Gasteiger charge is -2.24. The Kier molecular flexibility index (Phi) is 13.3. The number of H-pyrrole nitrogens is 2. The summed E-state index contributed by atoms with van der Waals surface area (Å²) in [5.74, 6) is -5.21. The molecule has 0 saturated carbocycles. The van der Waals surface area contributed by atoms with Crippen molar-refractivity contribution in [3.8, 4) is 0 Å². The summed E-state index contributed by atoms with van der Waals surface area (Å²) in [7, 11) is 0. The Morgan fingerprint density at radius 1 is 0.648 bits per heavy atom. The van der Waals surface area contributed by atoms with Gasteiger partial charge in [0.1, 0.15) is 25.4 Å². The number of nitrogens with one attached hydrogen (secondary N) is 2. The van der Waals surface area contributed by atoms with Crippen molar-refractivity contribution >= 4 is 47.6 Å². The van der Waals surface area contributed by atoms with Crippen LogP contribution in [0.25, 0.3) is 0 Å². The van der Waals surface area contributed by atoms with E-state index in [9.17, 15) is 47.9 Å². The fourth-order valence-corrected chi connectivity index (χ4v) is 6.26. The fraction of sp³-hybridized carbons (Fsp3) is 0.567. The van der Waals surface area contributed by atoms with Crippen LogP contribution in [-0.2, 0) is 72.4 Å². The molecule has 2 aromatic rings. The van der Waals surface area contributed by atoms with E-state index in [1.54, 1.807) is 0 Å². The van der Waals surface area contributed by atoms with Gasteiger partial charge < -0.3 is 37.9 Å². The topological polar surface area (TPSA) is 299 Å². The van der Waals surface area contributed by atoms with Crippen molar-refractivity contribution in [1.29, 1.82) is 0 Å². The number of aromatic nitrogens is 5. The molecule has 4 heterocycles. The Morgan fingerprint density at radius 2 is 1.09 bits per heavy atom. The molecule has 2 N–H and O–H groups in total. The first-order valence-electron chi connectivity index (χ1n) is 15.8. The second kappa shape index (κ2) is 17.5. The van der Waals surface area contributed by atoms with Crippen molar-refractivity contribution in [2.24, 2.45) is 0 Å². The van der Waals surface area contributed by atoms with Gasteiger partial charge in [-0.1, -0.05) is 11.8 Å². The maximum absolute atomic E-state index is 13.1. The first-order valence-corrected chi connectivity index (χ1v) is 16.8. The Labute approximate surface area is 306 Å². The predicted molar refractivity (Wildman–Crippen MR) is 173 cm³/mol. The molecule has 23 nitrogen and oxygen atoms in total. The Hall–Kier alpha value is -5.62.